The number of aromatic nitrogens is 3. The average molecular weight is 494 g/mol. The highest BCUT2D eigenvalue weighted by Crippen LogP contribution is 2.36. The Morgan fingerprint density at radius 3 is 2.47 bits per heavy atom. The van der Waals surface area contributed by atoms with E-state index in [1.807, 2.05) is 18.2 Å². The molecule has 2 aromatic heterocycles. The van der Waals surface area contributed by atoms with Crippen molar-refractivity contribution in [2.75, 3.05) is 5.32 Å². The number of halogens is 1. The Labute approximate surface area is 203 Å². The lowest BCUT2D eigenvalue weighted by atomic mass is 10.00. The third-order valence-electron chi connectivity index (χ3n) is 6.78. The number of anilines is 1. The van der Waals surface area contributed by atoms with Crippen molar-refractivity contribution >= 4 is 38.5 Å². The molecule has 9 heteroatoms. The predicted octanol–water partition coefficient (Wildman–Crippen LogP) is 4.68. The Hall–Kier alpha value is -2.94. The third kappa shape index (κ3) is 3.76. The van der Waals surface area contributed by atoms with Gasteiger partial charge >= 0.3 is 0 Å². The first-order valence-corrected chi connectivity index (χ1v) is 13.3. The van der Waals surface area contributed by atoms with E-state index in [1.54, 1.807) is 48.8 Å². The summed E-state index contributed by atoms with van der Waals surface area (Å²) in [5.41, 5.74) is 1.73. The summed E-state index contributed by atoms with van der Waals surface area (Å²) in [6, 6.07) is 17.2. The van der Waals surface area contributed by atoms with Crippen LogP contribution in [-0.4, -0.2) is 40.5 Å². The first kappa shape index (κ1) is 21.6. The smallest absolute Gasteiger partial charge is 0.268 e. The summed E-state index contributed by atoms with van der Waals surface area (Å²) >= 11 is 6.55. The highest BCUT2D eigenvalue weighted by atomic mass is 35.5. The molecular formula is C25H24ClN5O2S. The molecule has 4 heterocycles. The standard InChI is InChI=1S/C25H24ClN5O2S/c26-22-14-27-25(29-18-12-16-10-11-17(13-18)28-16)30-24(22)21-15-31(23-9-5-4-8-20(21)23)34(32,33)19-6-2-1-3-7-19/h1-9,14-18,28H,10-13H2,(H,27,29,30)/t16-,17+,18?. The SMILES string of the molecule is O=S(=O)(c1ccccc1)n1cc(-c2nc(NC3C[C@H]4CC[C@@H](C3)N4)ncc2Cl)c2ccccc21. The molecule has 2 aliphatic rings. The molecule has 174 valence electrons. The van der Waals surface area contributed by atoms with Crippen LogP contribution < -0.4 is 10.6 Å². The van der Waals surface area contributed by atoms with Crippen molar-refractivity contribution in [1.82, 2.24) is 19.3 Å². The van der Waals surface area contributed by atoms with Gasteiger partial charge in [-0.25, -0.2) is 22.4 Å². The second-order valence-corrected chi connectivity index (χ2v) is 11.2. The van der Waals surface area contributed by atoms with Gasteiger partial charge in [-0.3, -0.25) is 0 Å². The maximum Gasteiger partial charge on any atom is 0.268 e. The van der Waals surface area contributed by atoms with Crippen molar-refractivity contribution in [3.05, 3.63) is 72.0 Å². The third-order valence-corrected chi connectivity index (χ3v) is 8.75. The molecule has 34 heavy (non-hydrogen) atoms. The minimum Gasteiger partial charge on any atom is -0.351 e. The molecule has 2 aliphatic heterocycles. The molecular weight excluding hydrogens is 470 g/mol. The molecule has 2 bridgehead atoms. The van der Waals surface area contributed by atoms with Crippen LogP contribution in [0.5, 0.6) is 0 Å². The molecule has 6 rings (SSSR count). The van der Waals surface area contributed by atoms with Crippen LogP contribution in [0.2, 0.25) is 5.02 Å². The number of hydrogen-bond acceptors (Lipinski definition) is 6. The van der Waals surface area contributed by atoms with E-state index >= 15 is 0 Å². The van der Waals surface area contributed by atoms with Gasteiger partial charge in [0.25, 0.3) is 10.0 Å². The Balaban J connectivity index is 1.42. The maximum absolute atomic E-state index is 13.5. The van der Waals surface area contributed by atoms with E-state index in [9.17, 15) is 8.42 Å². The summed E-state index contributed by atoms with van der Waals surface area (Å²) in [4.78, 5) is 9.38. The van der Waals surface area contributed by atoms with Crippen molar-refractivity contribution < 1.29 is 8.42 Å². The molecule has 4 aromatic rings. The number of rotatable bonds is 5. The van der Waals surface area contributed by atoms with Gasteiger partial charge < -0.3 is 10.6 Å². The lowest BCUT2D eigenvalue weighted by molar-refractivity contribution is 0.377. The van der Waals surface area contributed by atoms with E-state index in [4.69, 9.17) is 16.6 Å². The Kier molecular flexibility index (Phi) is 5.32. The summed E-state index contributed by atoms with van der Waals surface area (Å²) in [7, 11) is -3.80. The van der Waals surface area contributed by atoms with Gasteiger partial charge in [0.05, 0.1) is 27.3 Å². The first-order chi connectivity index (χ1) is 16.5. The van der Waals surface area contributed by atoms with Gasteiger partial charge in [0, 0.05) is 35.3 Å². The average Bonchev–Trinajstić information content (AvgIpc) is 3.41. The fraction of sp³-hybridized carbons (Fsp3) is 0.280. The van der Waals surface area contributed by atoms with Crippen LogP contribution in [0.4, 0.5) is 5.95 Å². The second kappa shape index (κ2) is 8.37. The number of piperidine rings is 1. The molecule has 2 saturated heterocycles. The van der Waals surface area contributed by atoms with Crippen LogP contribution >= 0.6 is 11.6 Å². The van der Waals surface area contributed by atoms with Crippen molar-refractivity contribution in [2.45, 2.75) is 48.7 Å². The van der Waals surface area contributed by atoms with E-state index in [-0.39, 0.29) is 4.90 Å². The van der Waals surface area contributed by atoms with Gasteiger partial charge in [-0.15, -0.1) is 0 Å². The van der Waals surface area contributed by atoms with E-state index in [0.29, 0.717) is 45.9 Å². The molecule has 7 nitrogen and oxygen atoms in total. The Bertz CT molecular complexity index is 1460. The van der Waals surface area contributed by atoms with E-state index in [2.05, 4.69) is 15.6 Å². The quantitative estimate of drug-likeness (QED) is 0.419. The molecule has 0 radical (unpaired) electrons. The van der Waals surface area contributed by atoms with Gasteiger partial charge in [-0.2, -0.15) is 0 Å². The minimum atomic E-state index is -3.80. The maximum atomic E-state index is 13.5. The summed E-state index contributed by atoms with van der Waals surface area (Å²) in [6.45, 7) is 0. The molecule has 0 aliphatic carbocycles. The summed E-state index contributed by atoms with van der Waals surface area (Å²) < 4.78 is 28.2. The largest absolute Gasteiger partial charge is 0.351 e. The lowest BCUT2D eigenvalue weighted by Gasteiger charge is -2.29. The van der Waals surface area contributed by atoms with E-state index in [1.165, 1.54) is 16.8 Å². The van der Waals surface area contributed by atoms with Crippen molar-refractivity contribution in [1.29, 1.82) is 0 Å². The van der Waals surface area contributed by atoms with Gasteiger partial charge in [0.2, 0.25) is 5.95 Å². The minimum absolute atomic E-state index is 0.221. The zero-order valence-corrected chi connectivity index (χ0v) is 19.9. The molecule has 1 unspecified atom stereocenters. The molecule has 0 saturated carbocycles. The number of para-hydroxylation sites is 1. The molecule has 3 atom stereocenters. The normalized spacial score (nSPS) is 22.2. The Morgan fingerprint density at radius 2 is 1.71 bits per heavy atom. The first-order valence-electron chi connectivity index (χ1n) is 11.5. The van der Waals surface area contributed by atoms with E-state index in [0.717, 1.165) is 18.2 Å². The van der Waals surface area contributed by atoms with Crippen molar-refractivity contribution in [3.8, 4) is 11.3 Å². The molecule has 2 fully saturated rings. The summed E-state index contributed by atoms with van der Waals surface area (Å²) in [5, 5.41) is 8.25. The van der Waals surface area contributed by atoms with Gasteiger partial charge in [-0.1, -0.05) is 48.0 Å². The van der Waals surface area contributed by atoms with Gasteiger partial charge in [-0.05, 0) is 43.9 Å². The van der Waals surface area contributed by atoms with Crippen LogP contribution in [0.15, 0.2) is 71.9 Å². The van der Waals surface area contributed by atoms with Gasteiger partial charge in [0.1, 0.15) is 0 Å². The van der Waals surface area contributed by atoms with Crippen molar-refractivity contribution in [2.24, 2.45) is 0 Å². The molecule has 0 amide bonds. The highest BCUT2D eigenvalue weighted by molar-refractivity contribution is 7.90. The number of nitrogens with zero attached hydrogens (tertiary/aromatic N) is 3. The molecule has 2 N–H and O–H groups in total. The highest BCUT2D eigenvalue weighted by Gasteiger charge is 2.33. The predicted molar refractivity (Wildman–Crippen MR) is 134 cm³/mol. The van der Waals surface area contributed by atoms with Crippen molar-refractivity contribution in [3.63, 3.8) is 0 Å². The molecule has 2 aromatic carbocycles. The summed E-state index contributed by atoms with van der Waals surface area (Å²) in [6.07, 6.45) is 7.68. The number of benzene rings is 2. The fourth-order valence-electron chi connectivity index (χ4n) is 5.23. The number of fused-ring (bicyclic) bond motifs is 3. The fourth-order valence-corrected chi connectivity index (χ4v) is 6.81. The zero-order valence-electron chi connectivity index (χ0n) is 18.4. The topological polar surface area (TPSA) is 88.9 Å². The molecule has 0 spiro atoms. The van der Waals surface area contributed by atoms with Crippen LogP contribution in [0.3, 0.4) is 0 Å². The monoisotopic (exact) mass is 493 g/mol. The van der Waals surface area contributed by atoms with Crippen LogP contribution in [0, 0.1) is 0 Å². The van der Waals surface area contributed by atoms with Crippen LogP contribution in [0.1, 0.15) is 25.7 Å². The number of nitrogens with one attached hydrogen (secondary N) is 2. The van der Waals surface area contributed by atoms with E-state index < -0.39 is 10.0 Å². The van der Waals surface area contributed by atoms with Gasteiger partial charge in [0.15, 0.2) is 0 Å². The number of hydrogen-bond donors (Lipinski definition) is 2. The van der Waals surface area contributed by atoms with Crippen LogP contribution in [-0.2, 0) is 10.0 Å². The Morgan fingerprint density at radius 1 is 1.00 bits per heavy atom. The zero-order chi connectivity index (χ0) is 23.3. The lowest BCUT2D eigenvalue weighted by Crippen LogP contribution is -2.43. The second-order valence-electron chi connectivity index (χ2n) is 9.01. The summed E-state index contributed by atoms with van der Waals surface area (Å²) in [5.74, 6) is 0.508. The van der Waals surface area contributed by atoms with Crippen LogP contribution in [0.25, 0.3) is 22.2 Å².